The van der Waals surface area contributed by atoms with Crippen molar-refractivity contribution in [2.75, 3.05) is 24.9 Å². The first-order chi connectivity index (χ1) is 17.3. The zero-order chi connectivity index (χ0) is 25.8. The van der Waals surface area contributed by atoms with Crippen molar-refractivity contribution in [2.45, 2.75) is 26.4 Å². The van der Waals surface area contributed by atoms with Gasteiger partial charge >= 0.3 is 5.97 Å². The molecule has 0 aliphatic carbocycles. The highest BCUT2D eigenvalue weighted by Crippen LogP contribution is 2.32. The van der Waals surface area contributed by atoms with E-state index in [9.17, 15) is 9.59 Å². The maximum Gasteiger partial charge on any atom is 0.328 e. The molecular weight excluding hydrogens is 474 g/mol. The van der Waals surface area contributed by atoms with E-state index in [1.54, 1.807) is 12.0 Å². The van der Waals surface area contributed by atoms with Crippen molar-refractivity contribution >= 4 is 40.6 Å². The quantitative estimate of drug-likeness (QED) is 0.333. The predicted octanol–water partition coefficient (Wildman–Crippen LogP) is 5.32. The van der Waals surface area contributed by atoms with E-state index in [-0.39, 0.29) is 11.8 Å². The molecule has 1 heterocycles. The highest BCUT2D eigenvalue weighted by molar-refractivity contribution is 7.80. The molecule has 0 radical (unpaired) electrons. The van der Waals surface area contributed by atoms with Crippen LogP contribution in [0, 0.1) is 5.92 Å². The lowest BCUT2D eigenvalue weighted by Crippen LogP contribution is -2.45. The average Bonchev–Trinajstić information content (AvgIpc) is 3.19. The lowest BCUT2D eigenvalue weighted by atomic mass is 10.0. The summed E-state index contributed by atoms with van der Waals surface area (Å²) in [5, 5.41) is 6.80. The molecule has 0 spiro atoms. The Morgan fingerprint density at radius 3 is 2.31 bits per heavy atom. The number of anilines is 2. The number of methoxy groups -OCH3 is 2. The maximum absolute atomic E-state index is 13.0. The fourth-order valence-electron chi connectivity index (χ4n) is 4.37. The normalized spacial score (nSPS) is 13.2. The van der Waals surface area contributed by atoms with Gasteiger partial charge in [-0.15, -0.1) is 0 Å². The molecule has 0 fully saturated rings. The third-order valence-corrected chi connectivity index (χ3v) is 6.35. The van der Waals surface area contributed by atoms with Crippen molar-refractivity contribution in [1.82, 2.24) is 4.90 Å². The van der Waals surface area contributed by atoms with E-state index < -0.39 is 12.0 Å². The van der Waals surface area contributed by atoms with Crippen molar-refractivity contribution in [3.8, 4) is 16.9 Å². The smallest absolute Gasteiger partial charge is 0.328 e. The van der Waals surface area contributed by atoms with Crippen LogP contribution in [0.4, 0.5) is 11.4 Å². The van der Waals surface area contributed by atoms with E-state index in [1.807, 2.05) is 80.6 Å². The van der Waals surface area contributed by atoms with Crippen LogP contribution in [0.2, 0.25) is 0 Å². The number of hydrogen-bond acceptors (Lipinski definition) is 5. The fraction of sp³-hybridized carbons (Fsp3) is 0.250. The number of nitrogens with one attached hydrogen (secondary N) is 2. The Morgan fingerprint density at radius 1 is 0.944 bits per heavy atom. The van der Waals surface area contributed by atoms with Crippen molar-refractivity contribution in [1.29, 1.82) is 0 Å². The molecule has 36 heavy (non-hydrogen) atoms. The molecule has 0 aromatic heterocycles. The van der Waals surface area contributed by atoms with E-state index >= 15 is 0 Å². The minimum absolute atomic E-state index is 0.0558. The number of hydrogen-bond donors (Lipinski definition) is 2. The molecule has 3 aromatic carbocycles. The van der Waals surface area contributed by atoms with Gasteiger partial charge in [-0.3, -0.25) is 4.79 Å². The number of benzene rings is 3. The molecule has 1 aliphatic heterocycles. The van der Waals surface area contributed by atoms with Gasteiger partial charge in [-0.05, 0) is 71.2 Å². The van der Waals surface area contributed by atoms with Gasteiger partial charge in [0.25, 0.3) is 5.91 Å². The number of fused-ring (bicyclic) bond motifs is 1. The largest absolute Gasteiger partial charge is 0.497 e. The SMILES string of the molecule is COC(=O)[C@H](C(C)C)N1Cc2cc(-c3ccc(NC(=S)Nc4cccc(OC)c4)cc3)ccc2C1=O. The van der Waals surface area contributed by atoms with Crippen LogP contribution in [0.1, 0.15) is 29.8 Å². The average molecular weight is 504 g/mol. The number of amides is 1. The van der Waals surface area contributed by atoms with E-state index in [0.717, 1.165) is 33.8 Å². The number of rotatable bonds is 7. The van der Waals surface area contributed by atoms with Crippen LogP contribution in [-0.2, 0) is 16.1 Å². The molecule has 186 valence electrons. The molecule has 1 atom stereocenters. The summed E-state index contributed by atoms with van der Waals surface area (Å²) < 4.78 is 10.2. The summed E-state index contributed by atoms with van der Waals surface area (Å²) >= 11 is 5.43. The molecule has 7 nitrogen and oxygen atoms in total. The Hall–Kier alpha value is -3.91. The molecule has 0 saturated carbocycles. The number of esters is 1. The third kappa shape index (κ3) is 5.33. The van der Waals surface area contributed by atoms with Gasteiger partial charge in [-0.1, -0.05) is 38.1 Å². The first kappa shape index (κ1) is 25.2. The number of carbonyl (C=O) groups is 2. The summed E-state index contributed by atoms with van der Waals surface area (Å²) in [5.74, 6) is 0.154. The Kier molecular flexibility index (Phi) is 7.55. The van der Waals surface area contributed by atoms with Crippen molar-refractivity contribution in [3.05, 3.63) is 77.9 Å². The molecule has 1 aliphatic rings. The van der Waals surface area contributed by atoms with E-state index in [2.05, 4.69) is 10.6 Å². The second-order valence-electron chi connectivity index (χ2n) is 8.91. The van der Waals surface area contributed by atoms with Crippen LogP contribution in [0.3, 0.4) is 0 Å². The van der Waals surface area contributed by atoms with Gasteiger partial charge in [0, 0.05) is 29.5 Å². The molecular formula is C28H29N3O4S. The summed E-state index contributed by atoms with van der Waals surface area (Å²) in [6.07, 6.45) is 0. The predicted molar refractivity (Wildman–Crippen MR) is 145 cm³/mol. The first-order valence-electron chi connectivity index (χ1n) is 11.6. The summed E-state index contributed by atoms with van der Waals surface area (Å²) in [7, 11) is 2.97. The van der Waals surface area contributed by atoms with Crippen LogP contribution in [0.25, 0.3) is 11.1 Å². The van der Waals surface area contributed by atoms with Gasteiger partial charge in [0.2, 0.25) is 0 Å². The number of thiocarbonyl (C=S) groups is 1. The fourth-order valence-corrected chi connectivity index (χ4v) is 4.60. The van der Waals surface area contributed by atoms with Crippen molar-refractivity contribution in [2.24, 2.45) is 5.92 Å². The zero-order valence-corrected chi connectivity index (χ0v) is 21.5. The third-order valence-electron chi connectivity index (χ3n) is 6.15. The lowest BCUT2D eigenvalue weighted by molar-refractivity contribution is -0.147. The number of ether oxygens (including phenoxy) is 2. The molecule has 0 unspecified atom stereocenters. The van der Waals surface area contributed by atoms with Crippen molar-refractivity contribution in [3.63, 3.8) is 0 Å². The Morgan fingerprint density at radius 2 is 1.64 bits per heavy atom. The van der Waals surface area contributed by atoms with Crippen LogP contribution >= 0.6 is 12.2 Å². The summed E-state index contributed by atoms with van der Waals surface area (Å²) in [5.41, 5.74) is 5.20. The second kappa shape index (κ2) is 10.8. The summed E-state index contributed by atoms with van der Waals surface area (Å²) in [6, 6.07) is 20.6. The minimum atomic E-state index is -0.613. The standard InChI is InChI=1S/C28H29N3O4S/c1-17(2)25(27(33)35-4)31-16-20-14-19(10-13-24(20)26(31)32)18-8-11-21(12-9-18)29-28(36)30-22-6-5-7-23(15-22)34-3/h5-15,17,25H,16H2,1-4H3,(H2,29,30,36)/t25-/m0/s1. The Bertz CT molecular complexity index is 1290. The van der Waals surface area contributed by atoms with Crippen molar-refractivity contribution < 1.29 is 19.1 Å². The van der Waals surface area contributed by atoms with E-state index in [0.29, 0.717) is 17.2 Å². The van der Waals surface area contributed by atoms with E-state index in [4.69, 9.17) is 21.7 Å². The van der Waals surface area contributed by atoms with Gasteiger partial charge in [0.15, 0.2) is 5.11 Å². The van der Waals surface area contributed by atoms with E-state index in [1.165, 1.54) is 7.11 Å². The van der Waals surface area contributed by atoms with Gasteiger partial charge in [0.1, 0.15) is 11.8 Å². The maximum atomic E-state index is 13.0. The summed E-state index contributed by atoms with van der Waals surface area (Å²) in [6.45, 7) is 4.21. The Balaban J connectivity index is 1.45. The topological polar surface area (TPSA) is 79.9 Å². The van der Waals surface area contributed by atoms with Gasteiger partial charge in [-0.2, -0.15) is 0 Å². The van der Waals surface area contributed by atoms with Gasteiger partial charge in [0.05, 0.1) is 14.2 Å². The highest BCUT2D eigenvalue weighted by atomic mass is 32.1. The van der Waals surface area contributed by atoms with Crippen LogP contribution in [0.15, 0.2) is 66.7 Å². The molecule has 0 bridgehead atoms. The Labute approximate surface area is 216 Å². The number of carbonyl (C=O) groups excluding carboxylic acids is 2. The highest BCUT2D eigenvalue weighted by Gasteiger charge is 2.38. The summed E-state index contributed by atoms with van der Waals surface area (Å²) in [4.78, 5) is 26.9. The monoisotopic (exact) mass is 503 g/mol. The zero-order valence-electron chi connectivity index (χ0n) is 20.7. The molecule has 1 amide bonds. The van der Waals surface area contributed by atoms with Crippen LogP contribution in [0.5, 0.6) is 5.75 Å². The molecule has 4 rings (SSSR count). The first-order valence-corrected chi connectivity index (χ1v) is 12.1. The molecule has 0 saturated heterocycles. The van der Waals surface area contributed by atoms with Gasteiger partial charge < -0.3 is 25.0 Å². The molecule has 3 aromatic rings. The molecule has 2 N–H and O–H groups in total. The second-order valence-corrected chi connectivity index (χ2v) is 9.31. The lowest BCUT2D eigenvalue weighted by Gasteiger charge is -2.28. The number of nitrogens with zero attached hydrogens (tertiary/aromatic N) is 1. The van der Waals surface area contributed by atoms with Crippen LogP contribution in [-0.4, -0.2) is 42.2 Å². The van der Waals surface area contributed by atoms with Crippen LogP contribution < -0.4 is 15.4 Å². The minimum Gasteiger partial charge on any atom is -0.497 e. The molecule has 8 heteroatoms. The van der Waals surface area contributed by atoms with Gasteiger partial charge in [-0.25, -0.2) is 4.79 Å².